The van der Waals surface area contributed by atoms with E-state index in [1.54, 1.807) is 18.2 Å². The monoisotopic (exact) mass is 445 g/mol. The second-order valence-electron chi connectivity index (χ2n) is 7.94. The van der Waals surface area contributed by atoms with Gasteiger partial charge in [0, 0.05) is 43.5 Å². The highest BCUT2D eigenvalue weighted by molar-refractivity contribution is 6.31. The van der Waals surface area contributed by atoms with Gasteiger partial charge in [-0.1, -0.05) is 23.7 Å². The zero-order valence-corrected chi connectivity index (χ0v) is 17.8. The maximum Gasteiger partial charge on any atom is 0.238 e. The molecule has 1 saturated heterocycles. The maximum atomic E-state index is 13.8. The lowest BCUT2D eigenvalue weighted by Gasteiger charge is -2.41. The molecule has 2 aliphatic rings. The smallest absolute Gasteiger partial charge is 0.238 e. The number of amides is 1. The number of carbonyl (C=O) groups excluding carboxylic acids is 2. The molecule has 4 rings (SSSR count). The SMILES string of the molecule is C[C@@H]1CN(CC(=O)Nc2ccc3c(c2)C=CC(=O)C3)CCN1c1cc(F)c(Cl)c(F)c1. The van der Waals surface area contributed by atoms with E-state index in [-0.39, 0.29) is 24.3 Å². The van der Waals surface area contributed by atoms with Gasteiger partial charge in [0.15, 0.2) is 5.78 Å². The summed E-state index contributed by atoms with van der Waals surface area (Å²) in [5.41, 5.74) is 3.01. The van der Waals surface area contributed by atoms with Crippen LogP contribution < -0.4 is 10.2 Å². The number of benzene rings is 2. The second-order valence-corrected chi connectivity index (χ2v) is 8.32. The number of ketones is 1. The van der Waals surface area contributed by atoms with Crippen molar-refractivity contribution in [3.63, 3.8) is 0 Å². The van der Waals surface area contributed by atoms with Crippen molar-refractivity contribution < 1.29 is 18.4 Å². The number of nitrogens with zero attached hydrogens (tertiary/aromatic N) is 2. The normalized spacial score (nSPS) is 18.8. The summed E-state index contributed by atoms with van der Waals surface area (Å²) in [6.07, 6.45) is 3.69. The Balaban J connectivity index is 1.35. The molecule has 0 aromatic heterocycles. The van der Waals surface area contributed by atoms with Gasteiger partial charge in [0.05, 0.1) is 6.54 Å². The van der Waals surface area contributed by atoms with Crippen LogP contribution in [0.5, 0.6) is 0 Å². The highest BCUT2D eigenvalue weighted by Crippen LogP contribution is 2.28. The molecule has 1 heterocycles. The van der Waals surface area contributed by atoms with E-state index in [1.807, 2.05) is 28.9 Å². The van der Waals surface area contributed by atoms with Gasteiger partial charge in [-0.2, -0.15) is 0 Å². The van der Waals surface area contributed by atoms with Crippen LogP contribution in [0.3, 0.4) is 0 Å². The third kappa shape index (κ3) is 4.78. The summed E-state index contributed by atoms with van der Waals surface area (Å²) < 4.78 is 27.6. The van der Waals surface area contributed by atoms with Gasteiger partial charge in [0.1, 0.15) is 16.7 Å². The van der Waals surface area contributed by atoms with Crippen LogP contribution in [0.2, 0.25) is 5.02 Å². The molecule has 0 saturated carbocycles. The number of fused-ring (bicyclic) bond motifs is 1. The number of rotatable bonds is 4. The van der Waals surface area contributed by atoms with Crippen molar-refractivity contribution in [2.75, 3.05) is 36.4 Å². The van der Waals surface area contributed by atoms with Crippen LogP contribution in [0, 0.1) is 11.6 Å². The summed E-state index contributed by atoms with van der Waals surface area (Å²) in [6, 6.07) is 7.96. The van der Waals surface area contributed by atoms with Crippen LogP contribution in [0.25, 0.3) is 6.08 Å². The second kappa shape index (κ2) is 8.77. The molecule has 0 unspecified atom stereocenters. The first kappa shape index (κ1) is 21.5. The van der Waals surface area contributed by atoms with E-state index in [2.05, 4.69) is 5.32 Å². The summed E-state index contributed by atoms with van der Waals surface area (Å²) in [6.45, 7) is 3.86. The van der Waals surface area contributed by atoms with Crippen LogP contribution in [-0.2, 0) is 16.0 Å². The lowest BCUT2D eigenvalue weighted by Crippen LogP contribution is -2.53. The molecule has 0 spiro atoms. The fraction of sp³-hybridized carbons (Fsp3) is 0.304. The van der Waals surface area contributed by atoms with Gasteiger partial charge in [-0.05, 0) is 48.4 Å². The van der Waals surface area contributed by atoms with Crippen molar-refractivity contribution in [3.05, 3.63) is 64.2 Å². The Kier molecular flexibility index (Phi) is 6.07. The van der Waals surface area contributed by atoms with Crippen LogP contribution >= 0.6 is 11.6 Å². The molecular formula is C23H22ClF2N3O2. The van der Waals surface area contributed by atoms with Crippen LogP contribution in [0.15, 0.2) is 36.4 Å². The zero-order chi connectivity index (χ0) is 22.1. The molecule has 8 heteroatoms. The van der Waals surface area contributed by atoms with Gasteiger partial charge in [-0.15, -0.1) is 0 Å². The van der Waals surface area contributed by atoms with E-state index in [9.17, 15) is 18.4 Å². The van der Waals surface area contributed by atoms with E-state index in [0.717, 1.165) is 11.1 Å². The molecular weight excluding hydrogens is 424 g/mol. The predicted octanol–water partition coefficient (Wildman–Crippen LogP) is 3.91. The third-order valence-electron chi connectivity index (χ3n) is 5.62. The number of halogens is 3. The molecule has 162 valence electrons. The average Bonchev–Trinajstić information content (AvgIpc) is 2.72. The van der Waals surface area contributed by atoms with Crippen molar-refractivity contribution in [3.8, 4) is 0 Å². The summed E-state index contributed by atoms with van der Waals surface area (Å²) in [5.74, 6) is -1.63. The molecule has 0 bridgehead atoms. The summed E-state index contributed by atoms with van der Waals surface area (Å²) >= 11 is 5.58. The number of piperazine rings is 1. The van der Waals surface area contributed by atoms with Gasteiger partial charge in [0.25, 0.3) is 0 Å². The fourth-order valence-corrected chi connectivity index (χ4v) is 4.20. The Morgan fingerprint density at radius 2 is 1.90 bits per heavy atom. The van der Waals surface area contributed by atoms with Crippen LogP contribution in [0.4, 0.5) is 20.2 Å². The fourth-order valence-electron chi connectivity index (χ4n) is 4.09. The maximum absolute atomic E-state index is 13.8. The first-order valence-corrected chi connectivity index (χ1v) is 10.4. The molecule has 2 aromatic rings. The van der Waals surface area contributed by atoms with Gasteiger partial charge in [-0.3, -0.25) is 14.5 Å². The van der Waals surface area contributed by atoms with Crippen molar-refractivity contribution in [2.24, 2.45) is 0 Å². The molecule has 2 aromatic carbocycles. The first-order valence-electron chi connectivity index (χ1n) is 10.1. The molecule has 1 amide bonds. The van der Waals surface area contributed by atoms with E-state index in [4.69, 9.17) is 11.6 Å². The van der Waals surface area contributed by atoms with Gasteiger partial charge >= 0.3 is 0 Å². The zero-order valence-electron chi connectivity index (χ0n) is 17.0. The summed E-state index contributed by atoms with van der Waals surface area (Å²) in [5, 5.41) is 2.40. The summed E-state index contributed by atoms with van der Waals surface area (Å²) in [4.78, 5) is 27.9. The van der Waals surface area contributed by atoms with E-state index in [1.165, 1.54) is 12.1 Å². The van der Waals surface area contributed by atoms with Gasteiger partial charge in [0.2, 0.25) is 5.91 Å². The Hall–Kier alpha value is -2.77. The van der Waals surface area contributed by atoms with Crippen molar-refractivity contribution >= 4 is 40.7 Å². The number of anilines is 2. The minimum Gasteiger partial charge on any atom is -0.366 e. The highest BCUT2D eigenvalue weighted by Gasteiger charge is 2.26. The third-order valence-corrected chi connectivity index (χ3v) is 5.98. The van der Waals surface area contributed by atoms with Crippen molar-refractivity contribution in [2.45, 2.75) is 19.4 Å². The van der Waals surface area contributed by atoms with Crippen molar-refractivity contribution in [1.29, 1.82) is 0 Å². The van der Waals surface area contributed by atoms with E-state index >= 15 is 0 Å². The van der Waals surface area contributed by atoms with Crippen LogP contribution in [0.1, 0.15) is 18.1 Å². The predicted molar refractivity (Wildman–Crippen MR) is 117 cm³/mol. The molecule has 0 radical (unpaired) electrons. The lowest BCUT2D eigenvalue weighted by molar-refractivity contribution is -0.117. The number of hydrogen-bond donors (Lipinski definition) is 1. The molecule has 5 nitrogen and oxygen atoms in total. The number of hydrogen-bond acceptors (Lipinski definition) is 4. The molecule has 1 N–H and O–H groups in total. The number of allylic oxidation sites excluding steroid dienone is 1. The largest absolute Gasteiger partial charge is 0.366 e. The Labute approximate surface area is 184 Å². The average molecular weight is 446 g/mol. The number of nitrogens with one attached hydrogen (secondary N) is 1. The van der Waals surface area contributed by atoms with Crippen LogP contribution in [-0.4, -0.2) is 48.8 Å². The number of carbonyl (C=O) groups is 2. The first-order chi connectivity index (χ1) is 14.8. The minimum atomic E-state index is -0.782. The molecule has 1 aliphatic heterocycles. The quantitative estimate of drug-likeness (QED) is 0.725. The Bertz CT molecular complexity index is 1050. The Morgan fingerprint density at radius 1 is 1.16 bits per heavy atom. The lowest BCUT2D eigenvalue weighted by atomic mass is 9.96. The summed E-state index contributed by atoms with van der Waals surface area (Å²) in [7, 11) is 0. The van der Waals surface area contributed by atoms with E-state index < -0.39 is 16.7 Å². The molecule has 31 heavy (non-hydrogen) atoms. The molecule has 1 aliphatic carbocycles. The van der Waals surface area contributed by atoms with Gasteiger partial charge < -0.3 is 10.2 Å². The van der Waals surface area contributed by atoms with E-state index in [0.29, 0.717) is 37.4 Å². The highest BCUT2D eigenvalue weighted by atomic mass is 35.5. The van der Waals surface area contributed by atoms with Gasteiger partial charge in [-0.25, -0.2) is 8.78 Å². The van der Waals surface area contributed by atoms with Crippen molar-refractivity contribution in [1.82, 2.24) is 4.90 Å². The Morgan fingerprint density at radius 3 is 2.61 bits per heavy atom. The molecule has 1 atom stereocenters. The minimum absolute atomic E-state index is 0.0343. The standard InChI is InChI=1S/C23H22ClF2N3O2/c1-14-12-28(6-7-29(14)18-10-20(25)23(24)21(26)11-18)13-22(31)27-17-4-2-16-9-19(30)5-3-15(16)8-17/h2-5,8,10-11,14H,6-7,9,12-13H2,1H3,(H,27,31)/t14-/m1/s1. The topological polar surface area (TPSA) is 52.7 Å². The molecule has 1 fully saturated rings.